The summed E-state index contributed by atoms with van der Waals surface area (Å²) >= 11 is 1.37. The van der Waals surface area contributed by atoms with Gasteiger partial charge in [0.1, 0.15) is 5.75 Å². The van der Waals surface area contributed by atoms with Crippen LogP contribution in [0.3, 0.4) is 0 Å². The van der Waals surface area contributed by atoms with Crippen LogP contribution in [0.5, 0.6) is 5.75 Å². The average Bonchev–Trinajstić information content (AvgIpc) is 2.84. The van der Waals surface area contributed by atoms with Crippen LogP contribution in [0.2, 0.25) is 0 Å². The number of carbonyl (C=O) groups is 1. The Balaban J connectivity index is 2.08. The number of halogens is 2. The number of alkyl halides is 2. The molecule has 0 spiro atoms. The molecule has 2 aromatic rings. The Morgan fingerprint density at radius 3 is 2.71 bits per heavy atom. The number of amides is 1. The summed E-state index contributed by atoms with van der Waals surface area (Å²) in [6, 6.07) is 7.89. The highest BCUT2D eigenvalue weighted by atomic mass is 32.1. The molecule has 0 saturated carbocycles. The van der Waals surface area contributed by atoms with E-state index in [0.717, 1.165) is 5.56 Å². The first-order valence-electron chi connectivity index (χ1n) is 6.37. The topological polar surface area (TPSA) is 38.3 Å². The predicted molar refractivity (Wildman–Crippen MR) is 78.0 cm³/mol. The minimum atomic E-state index is -2.86. The van der Waals surface area contributed by atoms with Gasteiger partial charge in [-0.05, 0) is 48.6 Å². The Labute approximate surface area is 125 Å². The van der Waals surface area contributed by atoms with Crippen LogP contribution in [0.25, 0.3) is 0 Å². The Bertz CT molecular complexity index is 628. The standard InChI is InChI=1S/C15H15F2NO2S/c1-9-6-7-21-13(9)14(19)18-10(2)11-4-3-5-12(8-11)20-15(16)17/h3-8,10,15H,1-2H3,(H,18,19)/t10-/m0/s1. The molecule has 0 aliphatic rings. The number of hydrogen-bond acceptors (Lipinski definition) is 3. The summed E-state index contributed by atoms with van der Waals surface area (Å²) in [6.45, 7) is 0.800. The molecule has 0 saturated heterocycles. The second kappa shape index (κ2) is 6.67. The number of thiophene rings is 1. The summed E-state index contributed by atoms with van der Waals surface area (Å²) in [5.74, 6) is -0.0916. The zero-order valence-corrected chi connectivity index (χ0v) is 12.4. The maximum absolute atomic E-state index is 12.2. The fraction of sp³-hybridized carbons (Fsp3) is 0.267. The number of carbonyl (C=O) groups excluding carboxylic acids is 1. The van der Waals surface area contributed by atoms with Gasteiger partial charge in [-0.15, -0.1) is 11.3 Å². The molecule has 1 atom stereocenters. The van der Waals surface area contributed by atoms with Crippen molar-refractivity contribution in [3.05, 3.63) is 51.7 Å². The van der Waals surface area contributed by atoms with Crippen LogP contribution in [-0.4, -0.2) is 12.5 Å². The minimum absolute atomic E-state index is 0.0795. The van der Waals surface area contributed by atoms with E-state index in [4.69, 9.17) is 0 Å². The van der Waals surface area contributed by atoms with Gasteiger partial charge in [-0.1, -0.05) is 12.1 Å². The second-order valence-electron chi connectivity index (χ2n) is 4.58. The first-order valence-corrected chi connectivity index (χ1v) is 7.25. The molecule has 0 aliphatic heterocycles. The third-order valence-corrected chi connectivity index (χ3v) is 4.01. The Morgan fingerprint density at radius 1 is 1.33 bits per heavy atom. The van der Waals surface area contributed by atoms with E-state index >= 15 is 0 Å². The Morgan fingerprint density at radius 2 is 2.10 bits per heavy atom. The highest BCUT2D eigenvalue weighted by Crippen LogP contribution is 2.22. The van der Waals surface area contributed by atoms with Gasteiger partial charge in [-0.2, -0.15) is 8.78 Å². The van der Waals surface area contributed by atoms with Crippen molar-refractivity contribution in [1.29, 1.82) is 0 Å². The lowest BCUT2D eigenvalue weighted by atomic mass is 10.1. The van der Waals surface area contributed by atoms with Crippen molar-refractivity contribution >= 4 is 17.2 Å². The van der Waals surface area contributed by atoms with E-state index in [1.54, 1.807) is 19.1 Å². The lowest BCUT2D eigenvalue weighted by molar-refractivity contribution is -0.0499. The van der Waals surface area contributed by atoms with Gasteiger partial charge in [0.05, 0.1) is 10.9 Å². The number of ether oxygens (including phenoxy) is 1. The Hall–Kier alpha value is -1.95. The van der Waals surface area contributed by atoms with Crippen molar-refractivity contribution < 1.29 is 18.3 Å². The van der Waals surface area contributed by atoms with Gasteiger partial charge in [0, 0.05) is 0 Å². The van der Waals surface area contributed by atoms with Crippen molar-refractivity contribution in [1.82, 2.24) is 5.32 Å². The molecule has 1 aromatic carbocycles. The van der Waals surface area contributed by atoms with Crippen LogP contribution in [0.4, 0.5) is 8.78 Å². The molecule has 0 radical (unpaired) electrons. The largest absolute Gasteiger partial charge is 0.435 e. The van der Waals surface area contributed by atoms with Crippen LogP contribution in [-0.2, 0) is 0 Å². The van der Waals surface area contributed by atoms with Crippen molar-refractivity contribution in [2.45, 2.75) is 26.5 Å². The molecule has 1 N–H and O–H groups in total. The number of hydrogen-bond donors (Lipinski definition) is 1. The zero-order valence-electron chi connectivity index (χ0n) is 11.6. The molecule has 0 aliphatic carbocycles. The highest BCUT2D eigenvalue weighted by molar-refractivity contribution is 7.12. The predicted octanol–water partition coefficient (Wildman–Crippen LogP) is 4.15. The van der Waals surface area contributed by atoms with Crippen molar-refractivity contribution in [3.8, 4) is 5.75 Å². The van der Waals surface area contributed by atoms with E-state index < -0.39 is 6.61 Å². The van der Waals surface area contributed by atoms with Gasteiger partial charge in [0.15, 0.2) is 0 Å². The zero-order chi connectivity index (χ0) is 15.4. The van der Waals surface area contributed by atoms with Crippen molar-refractivity contribution in [3.63, 3.8) is 0 Å². The van der Waals surface area contributed by atoms with Crippen LogP contribution in [0.1, 0.15) is 33.8 Å². The molecule has 3 nitrogen and oxygen atoms in total. The first kappa shape index (κ1) is 15.4. The fourth-order valence-corrected chi connectivity index (χ4v) is 2.74. The van der Waals surface area contributed by atoms with E-state index in [9.17, 15) is 13.6 Å². The third-order valence-electron chi connectivity index (χ3n) is 3.00. The molecule has 1 aromatic heterocycles. The summed E-state index contributed by atoms with van der Waals surface area (Å²) in [6.07, 6.45) is 0. The maximum atomic E-state index is 12.2. The van der Waals surface area contributed by atoms with E-state index in [-0.39, 0.29) is 17.7 Å². The summed E-state index contributed by atoms with van der Waals surface area (Å²) in [4.78, 5) is 12.8. The second-order valence-corrected chi connectivity index (χ2v) is 5.49. The lowest BCUT2D eigenvalue weighted by Crippen LogP contribution is -2.26. The normalized spacial score (nSPS) is 12.2. The molecular weight excluding hydrogens is 296 g/mol. The number of nitrogens with one attached hydrogen (secondary N) is 1. The molecule has 1 amide bonds. The van der Waals surface area contributed by atoms with Gasteiger partial charge in [0.25, 0.3) is 5.91 Å². The number of aryl methyl sites for hydroxylation is 1. The molecule has 112 valence electrons. The van der Waals surface area contributed by atoms with Crippen LogP contribution in [0.15, 0.2) is 35.7 Å². The van der Waals surface area contributed by atoms with E-state index in [0.29, 0.717) is 10.4 Å². The average molecular weight is 311 g/mol. The minimum Gasteiger partial charge on any atom is -0.435 e. The van der Waals surface area contributed by atoms with Gasteiger partial charge in [-0.25, -0.2) is 0 Å². The quantitative estimate of drug-likeness (QED) is 0.901. The van der Waals surface area contributed by atoms with E-state index in [1.165, 1.54) is 23.5 Å². The maximum Gasteiger partial charge on any atom is 0.387 e. The monoisotopic (exact) mass is 311 g/mol. The van der Waals surface area contributed by atoms with Crippen LogP contribution >= 0.6 is 11.3 Å². The first-order chi connectivity index (χ1) is 9.97. The van der Waals surface area contributed by atoms with Gasteiger partial charge < -0.3 is 10.1 Å². The number of rotatable bonds is 5. The van der Waals surface area contributed by atoms with Gasteiger partial charge >= 0.3 is 6.61 Å². The fourth-order valence-electron chi connectivity index (χ4n) is 1.91. The highest BCUT2D eigenvalue weighted by Gasteiger charge is 2.15. The molecule has 0 fully saturated rings. The van der Waals surface area contributed by atoms with E-state index in [1.807, 2.05) is 18.4 Å². The third kappa shape index (κ3) is 4.01. The van der Waals surface area contributed by atoms with Crippen LogP contribution in [0, 0.1) is 6.92 Å². The summed E-state index contributed by atoms with van der Waals surface area (Å²) in [7, 11) is 0. The molecule has 21 heavy (non-hydrogen) atoms. The summed E-state index contributed by atoms with van der Waals surface area (Å²) < 4.78 is 28.8. The van der Waals surface area contributed by atoms with Crippen molar-refractivity contribution in [2.75, 3.05) is 0 Å². The van der Waals surface area contributed by atoms with Gasteiger partial charge in [0.2, 0.25) is 0 Å². The SMILES string of the molecule is Cc1ccsc1C(=O)N[C@@H](C)c1cccc(OC(F)F)c1. The molecule has 1 heterocycles. The Kier molecular flexibility index (Phi) is 4.90. The molecule has 0 unspecified atom stereocenters. The van der Waals surface area contributed by atoms with E-state index in [2.05, 4.69) is 10.1 Å². The molecular formula is C15H15F2NO2S. The van der Waals surface area contributed by atoms with Crippen molar-refractivity contribution in [2.24, 2.45) is 0 Å². The molecule has 2 rings (SSSR count). The molecule has 6 heteroatoms. The van der Waals surface area contributed by atoms with Gasteiger partial charge in [-0.3, -0.25) is 4.79 Å². The summed E-state index contributed by atoms with van der Waals surface area (Å²) in [5.41, 5.74) is 1.62. The lowest BCUT2D eigenvalue weighted by Gasteiger charge is -2.15. The number of benzene rings is 1. The summed E-state index contributed by atoms with van der Waals surface area (Å²) in [5, 5.41) is 4.70. The molecule has 0 bridgehead atoms. The smallest absolute Gasteiger partial charge is 0.387 e. The van der Waals surface area contributed by atoms with Crippen LogP contribution < -0.4 is 10.1 Å².